The van der Waals surface area contributed by atoms with Crippen LogP contribution >= 0.6 is 0 Å². The lowest BCUT2D eigenvalue weighted by molar-refractivity contribution is 0.180. The van der Waals surface area contributed by atoms with Crippen molar-refractivity contribution in [1.29, 1.82) is 0 Å². The van der Waals surface area contributed by atoms with Gasteiger partial charge in [-0.25, -0.2) is 0 Å². The fourth-order valence-corrected chi connectivity index (χ4v) is 2.10. The van der Waals surface area contributed by atoms with E-state index in [1.807, 2.05) is 18.3 Å². The molecule has 1 saturated carbocycles. The SMILES string of the molecule is CCN(Cc1ccccn1)C1(CN)CC1. The van der Waals surface area contributed by atoms with Gasteiger partial charge in [0.05, 0.1) is 5.69 Å². The van der Waals surface area contributed by atoms with Crippen LogP contribution < -0.4 is 5.73 Å². The van der Waals surface area contributed by atoms with Crippen LogP contribution in [0.15, 0.2) is 24.4 Å². The molecule has 0 amide bonds. The van der Waals surface area contributed by atoms with Crippen LogP contribution in [0.2, 0.25) is 0 Å². The molecule has 1 fully saturated rings. The van der Waals surface area contributed by atoms with E-state index in [-0.39, 0.29) is 5.54 Å². The molecule has 0 unspecified atom stereocenters. The average molecular weight is 205 g/mol. The standard InChI is InChI=1S/C12H19N3/c1-2-15(12(10-13)6-7-12)9-11-5-3-4-8-14-11/h3-5,8H,2,6-7,9-10,13H2,1H3. The maximum absolute atomic E-state index is 5.84. The molecule has 1 aromatic heterocycles. The predicted molar refractivity (Wildman–Crippen MR) is 61.3 cm³/mol. The molecule has 0 radical (unpaired) electrons. The normalized spacial score (nSPS) is 18.1. The molecule has 1 aliphatic carbocycles. The highest BCUT2D eigenvalue weighted by Crippen LogP contribution is 2.41. The summed E-state index contributed by atoms with van der Waals surface area (Å²) >= 11 is 0. The van der Waals surface area contributed by atoms with Gasteiger partial charge in [-0.15, -0.1) is 0 Å². The van der Waals surface area contributed by atoms with Crippen molar-refractivity contribution >= 4 is 0 Å². The van der Waals surface area contributed by atoms with Gasteiger partial charge in [-0.2, -0.15) is 0 Å². The van der Waals surface area contributed by atoms with E-state index in [0.717, 1.165) is 25.3 Å². The van der Waals surface area contributed by atoms with Gasteiger partial charge in [-0.3, -0.25) is 9.88 Å². The van der Waals surface area contributed by atoms with E-state index in [2.05, 4.69) is 22.9 Å². The number of hydrogen-bond donors (Lipinski definition) is 1. The Balaban J connectivity index is 2.03. The summed E-state index contributed by atoms with van der Waals surface area (Å²) in [6.45, 7) is 4.94. The zero-order chi connectivity index (χ0) is 10.7. The molecule has 0 spiro atoms. The fraction of sp³-hybridized carbons (Fsp3) is 0.583. The lowest BCUT2D eigenvalue weighted by atomic mass is 10.2. The molecular weight excluding hydrogens is 186 g/mol. The minimum absolute atomic E-state index is 0.284. The summed E-state index contributed by atoms with van der Waals surface area (Å²) in [5.41, 5.74) is 7.26. The van der Waals surface area contributed by atoms with E-state index in [1.165, 1.54) is 12.8 Å². The third-order valence-corrected chi connectivity index (χ3v) is 3.34. The van der Waals surface area contributed by atoms with Crippen LogP contribution in [0.25, 0.3) is 0 Å². The Morgan fingerprint density at radius 3 is 2.73 bits per heavy atom. The third kappa shape index (κ3) is 2.19. The van der Waals surface area contributed by atoms with E-state index in [1.54, 1.807) is 0 Å². The fourth-order valence-electron chi connectivity index (χ4n) is 2.10. The first-order chi connectivity index (χ1) is 7.30. The van der Waals surface area contributed by atoms with Gasteiger partial charge in [0.2, 0.25) is 0 Å². The lowest BCUT2D eigenvalue weighted by Gasteiger charge is -2.29. The molecule has 0 aromatic carbocycles. The molecule has 15 heavy (non-hydrogen) atoms. The first-order valence-electron chi connectivity index (χ1n) is 5.66. The van der Waals surface area contributed by atoms with E-state index >= 15 is 0 Å². The molecule has 0 saturated heterocycles. The highest BCUT2D eigenvalue weighted by molar-refractivity contribution is 5.09. The first-order valence-corrected chi connectivity index (χ1v) is 5.66. The Labute approximate surface area is 91.3 Å². The third-order valence-electron chi connectivity index (χ3n) is 3.34. The Hall–Kier alpha value is -0.930. The molecule has 2 rings (SSSR count). The molecule has 3 heteroatoms. The van der Waals surface area contributed by atoms with Crippen molar-refractivity contribution in [2.24, 2.45) is 5.73 Å². The van der Waals surface area contributed by atoms with Gasteiger partial charge in [0.15, 0.2) is 0 Å². The van der Waals surface area contributed by atoms with Crippen LogP contribution in [0, 0.1) is 0 Å². The molecule has 0 atom stereocenters. The number of nitrogens with two attached hydrogens (primary N) is 1. The quantitative estimate of drug-likeness (QED) is 0.790. The topological polar surface area (TPSA) is 42.2 Å². The molecule has 0 aliphatic heterocycles. The van der Waals surface area contributed by atoms with Gasteiger partial charge in [0.1, 0.15) is 0 Å². The molecule has 1 aliphatic rings. The van der Waals surface area contributed by atoms with E-state index in [9.17, 15) is 0 Å². The van der Waals surface area contributed by atoms with Gasteiger partial charge >= 0.3 is 0 Å². The van der Waals surface area contributed by atoms with Gasteiger partial charge in [-0.1, -0.05) is 13.0 Å². The molecule has 0 bridgehead atoms. The number of rotatable bonds is 5. The largest absolute Gasteiger partial charge is 0.329 e. The second kappa shape index (κ2) is 4.29. The minimum atomic E-state index is 0.284. The molecule has 1 aromatic rings. The smallest absolute Gasteiger partial charge is 0.0544 e. The van der Waals surface area contributed by atoms with Crippen molar-refractivity contribution in [3.63, 3.8) is 0 Å². The highest BCUT2D eigenvalue weighted by atomic mass is 15.2. The van der Waals surface area contributed by atoms with Crippen LogP contribution in [-0.2, 0) is 6.54 Å². The monoisotopic (exact) mass is 205 g/mol. The van der Waals surface area contributed by atoms with Crippen molar-refractivity contribution in [3.05, 3.63) is 30.1 Å². The van der Waals surface area contributed by atoms with Crippen molar-refractivity contribution in [2.75, 3.05) is 13.1 Å². The summed E-state index contributed by atoms with van der Waals surface area (Å²) < 4.78 is 0. The van der Waals surface area contributed by atoms with Crippen molar-refractivity contribution in [1.82, 2.24) is 9.88 Å². The number of aromatic nitrogens is 1. The van der Waals surface area contributed by atoms with Crippen molar-refractivity contribution < 1.29 is 0 Å². The lowest BCUT2D eigenvalue weighted by Crippen LogP contribution is -2.42. The number of nitrogens with zero attached hydrogens (tertiary/aromatic N) is 2. The molecular formula is C12H19N3. The summed E-state index contributed by atoms with van der Waals surface area (Å²) in [5.74, 6) is 0. The van der Waals surface area contributed by atoms with Crippen LogP contribution in [0.3, 0.4) is 0 Å². The zero-order valence-electron chi connectivity index (χ0n) is 9.32. The first kappa shape index (κ1) is 10.6. The van der Waals surface area contributed by atoms with Gasteiger partial charge in [-0.05, 0) is 31.5 Å². The van der Waals surface area contributed by atoms with Crippen LogP contribution in [0.5, 0.6) is 0 Å². The van der Waals surface area contributed by atoms with Crippen LogP contribution in [0.4, 0.5) is 0 Å². The van der Waals surface area contributed by atoms with Crippen LogP contribution in [0.1, 0.15) is 25.5 Å². The van der Waals surface area contributed by atoms with Crippen molar-refractivity contribution in [3.8, 4) is 0 Å². The summed E-state index contributed by atoms with van der Waals surface area (Å²) in [7, 11) is 0. The number of likely N-dealkylation sites (N-methyl/N-ethyl adjacent to an activating group) is 1. The van der Waals surface area contributed by atoms with Gasteiger partial charge < -0.3 is 5.73 Å². The Morgan fingerprint density at radius 2 is 2.27 bits per heavy atom. The van der Waals surface area contributed by atoms with Crippen LogP contribution in [-0.4, -0.2) is 28.5 Å². The Kier molecular flexibility index (Phi) is 3.03. The molecule has 1 heterocycles. The summed E-state index contributed by atoms with van der Waals surface area (Å²) in [6, 6.07) is 6.07. The highest BCUT2D eigenvalue weighted by Gasteiger charge is 2.45. The van der Waals surface area contributed by atoms with E-state index in [4.69, 9.17) is 5.73 Å². The molecule has 82 valence electrons. The van der Waals surface area contributed by atoms with E-state index in [0.29, 0.717) is 0 Å². The minimum Gasteiger partial charge on any atom is -0.329 e. The van der Waals surface area contributed by atoms with Crippen molar-refractivity contribution in [2.45, 2.75) is 31.8 Å². The second-order valence-electron chi connectivity index (χ2n) is 4.26. The number of hydrogen-bond acceptors (Lipinski definition) is 3. The predicted octanol–water partition coefficient (Wildman–Crippen LogP) is 1.39. The summed E-state index contributed by atoms with van der Waals surface area (Å²) in [4.78, 5) is 6.81. The zero-order valence-corrected chi connectivity index (χ0v) is 9.32. The maximum atomic E-state index is 5.84. The van der Waals surface area contributed by atoms with E-state index < -0.39 is 0 Å². The Morgan fingerprint density at radius 1 is 1.47 bits per heavy atom. The summed E-state index contributed by atoms with van der Waals surface area (Å²) in [5, 5.41) is 0. The van der Waals surface area contributed by atoms with Gasteiger partial charge in [0.25, 0.3) is 0 Å². The maximum Gasteiger partial charge on any atom is 0.0544 e. The summed E-state index contributed by atoms with van der Waals surface area (Å²) in [6.07, 6.45) is 4.33. The number of pyridine rings is 1. The Bertz CT molecular complexity index is 306. The average Bonchev–Trinajstić information content (AvgIpc) is 3.08. The van der Waals surface area contributed by atoms with Gasteiger partial charge in [0, 0.05) is 24.8 Å². The molecule has 2 N–H and O–H groups in total. The second-order valence-corrected chi connectivity index (χ2v) is 4.26. The molecule has 3 nitrogen and oxygen atoms in total.